The van der Waals surface area contributed by atoms with Crippen molar-refractivity contribution in [2.75, 3.05) is 39.6 Å². The molecule has 6 atom stereocenters. The molecule has 0 aromatic carbocycles. The number of allylic oxidation sites excluding steroid dienone is 4. The summed E-state index contributed by atoms with van der Waals surface area (Å²) in [5, 5.41) is 10.6. The molecule has 0 bridgehead atoms. The van der Waals surface area contributed by atoms with Crippen LogP contribution in [0.15, 0.2) is 24.3 Å². The van der Waals surface area contributed by atoms with Gasteiger partial charge in [-0.05, 0) is 57.3 Å². The first-order valence-corrected chi connectivity index (χ1v) is 45.5. The fourth-order valence-corrected chi connectivity index (χ4v) is 13.9. The van der Waals surface area contributed by atoms with Crippen molar-refractivity contribution in [3.05, 3.63) is 24.3 Å². The van der Waals surface area contributed by atoms with Crippen LogP contribution in [-0.4, -0.2) is 96.7 Å². The smallest absolute Gasteiger partial charge is 0.462 e. The minimum Gasteiger partial charge on any atom is -0.462 e. The quantitative estimate of drug-likeness (QED) is 0.0169. The topological polar surface area (TPSA) is 237 Å². The number of hydrogen-bond acceptors (Lipinski definition) is 15. The second-order valence-corrected chi connectivity index (χ2v) is 32.3. The van der Waals surface area contributed by atoms with Gasteiger partial charge < -0.3 is 33.8 Å². The Hall–Kier alpha value is -2.46. The van der Waals surface area contributed by atoms with E-state index in [2.05, 4.69) is 58.9 Å². The molecule has 19 heteroatoms. The Morgan fingerprint density at radius 2 is 0.549 bits per heavy atom. The van der Waals surface area contributed by atoms with Crippen LogP contribution in [0.1, 0.15) is 420 Å². The summed E-state index contributed by atoms with van der Waals surface area (Å²) in [4.78, 5) is 73.0. The Morgan fingerprint density at radius 1 is 0.314 bits per heavy atom. The van der Waals surface area contributed by atoms with Gasteiger partial charge in [-0.25, -0.2) is 9.13 Å². The molecule has 602 valence electrons. The van der Waals surface area contributed by atoms with E-state index in [0.29, 0.717) is 25.7 Å². The van der Waals surface area contributed by atoms with Crippen LogP contribution in [-0.2, 0) is 65.4 Å². The van der Waals surface area contributed by atoms with E-state index in [1.54, 1.807) is 0 Å². The molecule has 3 N–H and O–H groups in total. The number of rotatable bonds is 81. The Bertz CT molecular complexity index is 2040. The maximum Gasteiger partial charge on any atom is 0.472 e. The molecule has 0 fully saturated rings. The van der Waals surface area contributed by atoms with Crippen LogP contribution >= 0.6 is 15.6 Å². The molecule has 17 nitrogen and oxygen atoms in total. The number of phosphoric ester groups is 2. The maximum atomic E-state index is 13.1. The van der Waals surface area contributed by atoms with Crippen molar-refractivity contribution in [2.45, 2.75) is 438 Å². The zero-order valence-corrected chi connectivity index (χ0v) is 68.0. The highest BCUT2D eigenvalue weighted by atomic mass is 31.2. The number of unbranched alkanes of at least 4 members (excludes halogenated alkanes) is 49. The molecule has 0 radical (unpaired) electrons. The van der Waals surface area contributed by atoms with Gasteiger partial charge in [0.2, 0.25) is 0 Å². The van der Waals surface area contributed by atoms with E-state index in [9.17, 15) is 43.2 Å². The molecule has 0 amide bonds. The van der Waals surface area contributed by atoms with Crippen LogP contribution in [0.25, 0.3) is 0 Å². The highest BCUT2D eigenvalue weighted by molar-refractivity contribution is 7.47. The minimum atomic E-state index is -4.97. The molecule has 0 spiro atoms. The van der Waals surface area contributed by atoms with Gasteiger partial charge in [0.15, 0.2) is 12.2 Å². The fourth-order valence-electron chi connectivity index (χ4n) is 12.4. The van der Waals surface area contributed by atoms with Crippen LogP contribution in [0.5, 0.6) is 0 Å². The third kappa shape index (κ3) is 74.4. The number of carbonyl (C=O) groups excluding carboxylic acids is 4. The van der Waals surface area contributed by atoms with Gasteiger partial charge in [-0.1, -0.05) is 367 Å². The van der Waals surface area contributed by atoms with Crippen molar-refractivity contribution in [3.8, 4) is 0 Å². The lowest BCUT2D eigenvalue weighted by Gasteiger charge is -2.21. The summed E-state index contributed by atoms with van der Waals surface area (Å²) < 4.78 is 68.7. The molecule has 0 aliphatic heterocycles. The summed E-state index contributed by atoms with van der Waals surface area (Å²) in [6.07, 6.45) is 70.2. The highest BCUT2D eigenvalue weighted by Crippen LogP contribution is 2.45. The van der Waals surface area contributed by atoms with E-state index in [0.717, 1.165) is 109 Å². The molecule has 102 heavy (non-hydrogen) atoms. The van der Waals surface area contributed by atoms with Crippen molar-refractivity contribution >= 4 is 39.5 Å². The van der Waals surface area contributed by atoms with Gasteiger partial charge in [0.25, 0.3) is 0 Å². The molecular weight excluding hydrogens is 1330 g/mol. The molecule has 0 heterocycles. The van der Waals surface area contributed by atoms with Gasteiger partial charge in [-0.3, -0.25) is 37.3 Å². The standard InChI is InChI=1S/C83H158O17P2/c1-6-10-13-16-19-22-24-26-28-35-38-42-47-52-57-62-67-81(86)94-73-79(100-83(88)69-64-59-54-49-44-40-36-32-30-29-31-34-37-41-46-50-55-60-65-76(5)9-4)75-98-102(91,92)96-71-77(84)70-95-101(89,90)97-74-78(72-93-80(85)66-61-56-51-45-21-18-15-12-8-3)99-82(87)68-63-58-53-48-43-39-33-27-25-23-20-17-14-11-7-2/h23,25,27,33,76-79,84H,6-22,24,26,28-32,34-75H2,1-5H3,(H,89,90)(H,91,92)/b25-23-,33-27-/t76?,77-,78+,79+/m0/s1. The number of aliphatic hydroxyl groups excluding tert-OH is 1. The first-order valence-electron chi connectivity index (χ1n) is 42.5. The lowest BCUT2D eigenvalue weighted by molar-refractivity contribution is -0.161. The third-order valence-corrected chi connectivity index (χ3v) is 21.2. The molecule has 0 rings (SSSR count). The predicted octanol–water partition coefficient (Wildman–Crippen LogP) is 24.8. The minimum absolute atomic E-state index is 0.0855. The Balaban J connectivity index is 5.23. The summed E-state index contributed by atoms with van der Waals surface area (Å²) in [5.74, 6) is -1.27. The Labute approximate surface area is 624 Å². The summed E-state index contributed by atoms with van der Waals surface area (Å²) in [7, 11) is -9.93. The summed E-state index contributed by atoms with van der Waals surface area (Å²) in [6, 6.07) is 0. The van der Waals surface area contributed by atoms with Gasteiger partial charge in [-0.2, -0.15) is 0 Å². The zero-order valence-electron chi connectivity index (χ0n) is 66.2. The summed E-state index contributed by atoms with van der Waals surface area (Å²) in [6.45, 7) is 7.32. The van der Waals surface area contributed by atoms with E-state index in [4.69, 9.17) is 37.0 Å². The monoisotopic (exact) mass is 1490 g/mol. The number of carbonyl (C=O) groups is 4. The average molecular weight is 1490 g/mol. The maximum absolute atomic E-state index is 13.1. The molecule has 3 unspecified atom stereocenters. The summed E-state index contributed by atoms with van der Waals surface area (Å²) in [5.41, 5.74) is 0. The van der Waals surface area contributed by atoms with Gasteiger partial charge in [-0.15, -0.1) is 0 Å². The summed E-state index contributed by atoms with van der Waals surface area (Å²) >= 11 is 0. The predicted molar refractivity (Wildman–Crippen MR) is 418 cm³/mol. The zero-order chi connectivity index (χ0) is 74.8. The van der Waals surface area contributed by atoms with Crippen molar-refractivity contribution in [1.29, 1.82) is 0 Å². The van der Waals surface area contributed by atoms with Crippen molar-refractivity contribution < 1.29 is 80.2 Å². The molecular formula is C83H158O17P2. The molecule has 0 aromatic heterocycles. The second-order valence-electron chi connectivity index (χ2n) is 29.4. The SMILES string of the molecule is CCCCCC/C=C\C=C/CCCCCCCC(=O)O[C@H](COC(=O)CCCCCCCCCCC)COP(=O)(O)OC[C@H](O)COP(=O)(O)OC[C@@H](COC(=O)CCCCCCCCCCCCCCCCCC)OC(=O)CCCCCCCCCCCCCCCCCCCCC(C)CC. The van der Waals surface area contributed by atoms with E-state index >= 15 is 0 Å². The van der Waals surface area contributed by atoms with Crippen LogP contribution in [0.3, 0.4) is 0 Å². The van der Waals surface area contributed by atoms with E-state index in [-0.39, 0.29) is 25.7 Å². The average Bonchev–Trinajstić information content (AvgIpc) is 0.912. The molecule has 0 aliphatic rings. The van der Waals surface area contributed by atoms with Gasteiger partial charge in [0, 0.05) is 25.7 Å². The first-order chi connectivity index (χ1) is 49.6. The van der Waals surface area contributed by atoms with E-state index < -0.39 is 97.5 Å². The number of esters is 4. The highest BCUT2D eigenvalue weighted by Gasteiger charge is 2.30. The Kier molecular flexibility index (Phi) is 73.5. The third-order valence-electron chi connectivity index (χ3n) is 19.3. The van der Waals surface area contributed by atoms with Crippen molar-refractivity contribution in [2.24, 2.45) is 5.92 Å². The van der Waals surface area contributed by atoms with Crippen LogP contribution in [0, 0.1) is 5.92 Å². The number of aliphatic hydroxyl groups is 1. The molecule has 0 saturated heterocycles. The van der Waals surface area contributed by atoms with Gasteiger partial charge >= 0.3 is 39.5 Å². The first kappa shape index (κ1) is 99.5. The number of phosphoric acid groups is 2. The van der Waals surface area contributed by atoms with E-state index in [1.807, 2.05) is 0 Å². The molecule has 0 aromatic rings. The second kappa shape index (κ2) is 75.4. The van der Waals surface area contributed by atoms with E-state index in [1.165, 1.54) is 231 Å². The van der Waals surface area contributed by atoms with Crippen molar-refractivity contribution in [3.63, 3.8) is 0 Å². The number of ether oxygens (including phenoxy) is 4. The Morgan fingerprint density at radius 3 is 0.833 bits per heavy atom. The van der Waals surface area contributed by atoms with Gasteiger partial charge in [0.1, 0.15) is 19.3 Å². The largest absolute Gasteiger partial charge is 0.472 e. The molecule has 0 saturated carbocycles. The normalized spacial score (nSPS) is 14.2. The lowest BCUT2D eigenvalue weighted by atomic mass is 9.99. The lowest BCUT2D eigenvalue weighted by Crippen LogP contribution is -2.30. The number of hydrogen-bond donors (Lipinski definition) is 3. The van der Waals surface area contributed by atoms with Crippen LogP contribution in [0.2, 0.25) is 0 Å². The fraction of sp³-hybridized carbons (Fsp3) is 0.904. The van der Waals surface area contributed by atoms with Crippen molar-refractivity contribution in [1.82, 2.24) is 0 Å². The van der Waals surface area contributed by atoms with Gasteiger partial charge in [0.05, 0.1) is 26.4 Å². The molecule has 0 aliphatic carbocycles. The van der Waals surface area contributed by atoms with Crippen LogP contribution in [0.4, 0.5) is 0 Å². The van der Waals surface area contributed by atoms with Crippen LogP contribution < -0.4 is 0 Å².